The van der Waals surface area contributed by atoms with Crippen molar-refractivity contribution in [2.45, 2.75) is 13.1 Å². The molecule has 3 aromatic heterocycles. The van der Waals surface area contributed by atoms with Gasteiger partial charge in [-0.2, -0.15) is 18.3 Å². The minimum atomic E-state index is -4.85. The van der Waals surface area contributed by atoms with Gasteiger partial charge in [-0.15, -0.1) is 0 Å². The molecule has 0 saturated carbocycles. The van der Waals surface area contributed by atoms with Crippen LogP contribution in [0, 0.1) is 6.92 Å². The highest BCUT2D eigenvalue weighted by Gasteiger charge is 2.35. The van der Waals surface area contributed by atoms with Crippen LogP contribution in [-0.2, 0) is 13.2 Å². The molecule has 0 aliphatic heterocycles. The second-order valence-corrected chi connectivity index (χ2v) is 8.61. The van der Waals surface area contributed by atoms with Crippen LogP contribution in [0.15, 0.2) is 69.9 Å². The van der Waals surface area contributed by atoms with E-state index in [-0.39, 0.29) is 33.7 Å². The summed E-state index contributed by atoms with van der Waals surface area (Å²) in [5.41, 5.74) is 4.15. The summed E-state index contributed by atoms with van der Waals surface area (Å²) in [5, 5.41) is 6.58. The zero-order valence-electron chi connectivity index (χ0n) is 20.4. The van der Waals surface area contributed by atoms with Crippen molar-refractivity contribution < 1.29 is 27.2 Å². The second-order valence-electron chi connectivity index (χ2n) is 8.61. The van der Waals surface area contributed by atoms with E-state index in [9.17, 15) is 27.6 Å². The van der Waals surface area contributed by atoms with Gasteiger partial charge in [0.05, 0.1) is 11.1 Å². The maximum atomic E-state index is 13.6. The maximum Gasteiger partial charge on any atom is 0.433 e. The predicted octanol–water partition coefficient (Wildman–Crippen LogP) is 4.06. The summed E-state index contributed by atoms with van der Waals surface area (Å²) < 4.78 is 49.1. The molecule has 5 aromatic rings. The average molecular weight is 536 g/mol. The van der Waals surface area contributed by atoms with Gasteiger partial charge < -0.3 is 15.5 Å². The molecule has 0 saturated heterocycles. The zero-order chi connectivity index (χ0) is 28.1. The Morgan fingerprint density at radius 2 is 1.77 bits per heavy atom. The van der Waals surface area contributed by atoms with Crippen molar-refractivity contribution in [2.24, 2.45) is 12.8 Å². The Hall–Kier alpha value is -5.20. The predicted molar refractivity (Wildman–Crippen MR) is 134 cm³/mol. The number of nitrogens with zero attached hydrogens (tertiary/aromatic N) is 4. The first-order valence-corrected chi connectivity index (χ1v) is 11.4. The van der Waals surface area contributed by atoms with Crippen LogP contribution < -0.4 is 16.7 Å². The van der Waals surface area contributed by atoms with Crippen molar-refractivity contribution in [2.75, 3.05) is 5.32 Å². The number of fused-ring (bicyclic) bond motifs is 1. The molecule has 2 aromatic carbocycles. The molecule has 0 bridgehead atoms. The lowest BCUT2D eigenvalue weighted by molar-refractivity contribution is -0.141. The number of rotatable bonds is 5. The van der Waals surface area contributed by atoms with Gasteiger partial charge in [-0.05, 0) is 55.5 Å². The molecule has 2 amide bonds. The molecule has 0 spiro atoms. The normalized spacial score (nSPS) is 11.6. The van der Waals surface area contributed by atoms with E-state index in [0.29, 0.717) is 17.1 Å². The largest absolute Gasteiger partial charge is 0.456 e. The number of aryl methyl sites for hydroxylation is 2. The van der Waals surface area contributed by atoms with Gasteiger partial charge in [0.25, 0.3) is 5.91 Å². The van der Waals surface area contributed by atoms with E-state index in [1.54, 1.807) is 31.2 Å². The third-order valence-corrected chi connectivity index (χ3v) is 5.92. The van der Waals surface area contributed by atoms with Crippen LogP contribution in [-0.4, -0.2) is 31.1 Å². The first-order chi connectivity index (χ1) is 18.4. The van der Waals surface area contributed by atoms with Crippen molar-refractivity contribution >= 4 is 28.5 Å². The highest BCUT2D eigenvalue weighted by Crippen LogP contribution is 2.35. The number of carbonyl (C=O) groups excluding carboxylic acids is 2. The molecular weight excluding hydrogens is 517 g/mol. The summed E-state index contributed by atoms with van der Waals surface area (Å²) in [6.07, 6.45) is -4.85. The SMILES string of the molecule is Cc1nn(C)c(=O)n1-c1ccc(-c2cc3c(C(=O)Nc4cccc(C(N)=O)c4)nc(C(F)(F)F)cc3o2)cc1. The average Bonchev–Trinajstić information content (AvgIpc) is 3.43. The molecule has 3 heterocycles. The van der Waals surface area contributed by atoms with E-state index in [0.717, 1.165) is 6.07 Å². The topological polar surface area (TPSA) is 138 Å². The molecule has 10 nitrogen and oxygen atoms in total. The number of pyridine rings is 1. The Balaban J connectivity index is 1.56. The van der Waals surface area contributed by atoms with E-state index in [4.69, 9.17) is 10.2 Å². The Kier molecular flexibility index (Phi) is 6.05. The number of carbonyl (C=O) groups is 2. The fourth-order valence-corrected chi connectivity index (χ4v) is 4.10. The Morgan fingerprint density at radius 3 is 2.38 bits per heavy atom. The smallest absolute Gasteiger partial charge is 0.433 e. The van der Waals surface area contributed by atoms with E-state index in [1.807, 2.05) is 0 Å². The Labute approximate surface area is 217 Å². The number of primary amides is 1. The Morgan fingerprint density at radius 1 is 1.05 bits per heavy atom. The third-order valence-electron chi connectivity index (χ3n) is 5.92. The molecule has 0 aliphatic rings. The van der Waals surface area contributed by atoms with Gasteiger partial charge in [-0.25, -0.2) is 19.0 Å². The summed E-state index contributed by atoms with van der Waals surface area (Å²) in [5.74, 6) is -1.03. The van der Waals surface area contributed by atoms with Gasteiger partial charge in [0.15, 0.2) is 0 Å². The van der Waals surface area contributed by atoms with Gasteiger partial charge in [0, 0.05) is 29.9 Å². The minimum absolute atomic E-state index is 0.0463. The number of anilines is 1. The minimum Gasteiger partial charge on any atom is -0.456 e. The second kappa shape index (κ2) is 9.28. The number of amides is 2. The molecular formula is C26H19F3N6O4. The van der Waals surface area contributed by atoms with Crippen molar-refractivity contribution in [1.29, 1.82) is 0 Å². The van der Waals surface area contributed by atoms with E-state index in [2.05, 4.69) is 15.4 Å². The van der Waals surface area contributed by atoms with Crippen LogP contribution >= 0.6 is 0 Å². The number of nitrogens with two attached hydrogens (primary N) is 1. The van der Waals surface area contributed by atoms with E-state index in [1.165, 1.54) is 46.6 Å². The zero-order valence-corrected chi connectivity index (χ0v) is 20.4. The van der Waals surface area contributed by atoms with Crippen LogP contribution in [0.1, 0.15) is 32.4 Å². The first-order valence-electron chi connectivity index (χ1n) is 11.4. The molecule has 39 heavy (non-hydrogen) atoms. The highest BCUT2D eigenvalue weighted by atomic mass is 19.4. The molecule has 0 unspecified atom stereocenters. The summed E-state index contributed by atoms with van der Waals surface area (Å²) >= 11 is 0. The molecule has 0 aliphatic carbocycles. The first kappa shape index (κ1) is 25.4. The third kappa shape index (κ3) is 4.77. The number of nitrogens with one attached hydrogen (secondary N) is 1. The lowest BCUT2D eigenvalue weighted by atomic mass is 10.1. The quantitative estimate of drug-likeness (QED) is 0.348. The fourth-order valence-electron chi connectivity index (χ4n) is 4.10. The summed E-state index contributed by atoms with van der Waals surface area (Å²) in [7, 11) is 1.53. The lowest BCUT2D eigenvalue weighted by Gasteiger charge is -2.10. The molecule has 3 N–H and O–H groups in total. The van der Waals surface area contributed by atoms with E-state index >= 15 is 0 Å². The van der Waals surface area contributed by atoms with Gasteiger partial charge in [-0.1, -0.05) is 6.07 Å². The summed E-state index contributed by atoms with van der Waals surface area (Å²) in [6.45, 7) is 1.68. The van der Waals surface area contributed by atoms with Crippen LogP contribution in [0.2, 0.25) is 0 Å². The fraction of sp³-hybridized carbons (Fsp3) is 0.115. The van der Waals surface area contributed by atoms with Crippen molar-refractivity contribution in [1.82, 2.24) is 19.3 Å². The molecule has 198 valence electrons. The Bertz CT molecular complexity index is 1820. The highest BCUT2D eigenvalue weighted by molar-refractivity contribution is 6.11. The maximum absolute atomic E-state index is 13.6. The number of hydrogen-bond acceptors (Lipinski definition) is 6. The van der Waals surface area contributed by atoms with Gasteiger partial charge >= 0.3 is 11.9 Å². The van der Waals surface area contributed by atoms with E-state index < -0.39 is 29.4 Å². The van der Waals surface area contributed by atoms with Crippen LogP contribution in [0.3, 0.4) is 0 Å². The van der Waals surface area contributed by atoms with Gasteiger partial charge in [-0.3, -0.25) is 9.59 Å². The number of hydrogen-bond donors (Lipinski definition) is 2. The molecule has 13 heteroatoms. The number of furan rings is 1. The number of aromatic nitrogens is 4. The summed E-state index contributed by atoms with van der Waals surface area (Å²) in [4.78, 5) is 40.4. The molecule has 0 radical (unpaired) electrons. The van der Waals surface area contributed by atoms with Crippen molar-refractivity contribution in [3.8, 4) is 17.0 Å². The van der Waals surface area contributed by atoms with Gasteiger partial charge in [0.2, 0.25) is 5.91 Å². The number of benzene rings is 2. The van der Waals surface area contributed by atoms with Crippen LogP contribution in [0.4, 0.5) is 18.9 Å². The van der Waals surface area contributed by atoms with Crippen LogP contribution in [0.25, 0.3) is 28.0 Å². The number of halogens is 3. The lowest BCUT2D eigenvalue weighted by Crippen LogP contribution is -2.21. The van der Waals surface area contributed by atoms with Crippen LogP contribution in [0.5, 0.6) is 0 Å². The monoisotopic (exact) mass is 536 g/mol. The van der Waals surface area contributed by atoms with Gasteiger partial charge in [0.1, 0.15) is 28.6 Å². The molecule has 0 atom stereocenters. The molecule has 5 rings (SSSR count). The molecule has 0 fully saturated rings. The number of alkyl halides is 3. The van der Waals surface area contributed by atoms with Crippen molar-refractivity contribution in [3.63, 3.8) is 0 Å². The summed E-state index contributed by atoms with van der Waals surface area (Å²) in [6, 6.07) is 14.3. The van der Waals surface area contributed by atoms with Crippen molar-refractivity contribution in [3.05, 3.63) is 93.9 Å². The standard InChI is InChI=1S/C26H19F3N6O4/c1-13-33-34(2)25(38)35(13)17-8-6-14(7-9-17)19-11-18-20(39-19)12-21(26(27,28)29)32-22(18)24(37)31-16-5-3-4-15(10-16)23(30)36/h3-12H,1-2H3,(H2,30,36)(H,31,37).